The number of ether oxygens (including phenoxy) is 1. The second-order valence-electron chi connectivity index (χ2n) is 11.3. The van der Waals surface area contributed by atoms with Gasteiger partial charge in [-0.25, -0.2) is 13.7 Å². The molecule has 2 fully saturated rings. The van der Waals surface area contributed by atoms with Crippen LogP contribution in [0.4, 0.5) is 8.78 Å². The molecule has 0 radical (unpaired) electrons. The maximum Gasteiger partial charge on any atom is 0.325 e. The van der Waals surface area contributed by atoms with Gasteiger partial charge in [0.25, 0.3) is 0 Å². The maximum absolute atomic E-state index is 15.8. The zero-order valence-electron chi connectivity index (χ0n) is 22.6. The number of hydrogen-bond donors (Lipinski definition) is 1. The summed E-state index contributed by atoms with van der Waals surface area (Å²) in [5.41, 5.74) is 4.88. The van der Waals surface area contributed by atoms with Crippen molar-refractivity contribution in [3.05, 3.63) is 93.0 Å². The van der Waals surface area contributed by atoms with Crippen LogP contribution in [0.25, 0.3) is 0 Å². The molecule has 2 aromatic carbocycles. The van der Waals surface area contributed by atoms with Gasteiger partial charge in [0.05, 0.1) is 10.6 Å². The summed E-state index contributed by atoms with van der Waals surface area (Å²) < 4.78 is 37.3. The van der Waals surface area contributed by atoms with E-state index in [4.69, 9.17) is 40.1 Å². The summed E-state index contributed by atoms with van der Waals surface area (Å²) in [5, 5.41) is 0.0562. The highest BCUT2D eigenvalue weighted by molar-refractivity contribution is 6.31. The van der Waals surface area contributed by atoms with Crippen LogP contribution in [0.3, 0.4) is 0 Å². The third-order valence-corrected chi connectivity index (χ3v) is 8.52. The van der Waals surface area contributed by atoms with Gasteiger partial charge in [0.2, 0.25) is 0 Å². The number of nitrogens with two attached hydrogens (primary N) is 1. The minimum absolute atomic E-state index is 0.103. The fourth-order valence-corrected chi connectivity index (χ4v) is 6.61. The lowest BCUT2D eigenvalue weighted by Crippen LogP contribution is -2.57. The van der Waals surface area contributed by atoms with Crippen molar-refractivity contribution in [2.75, 3.05) is 0 Å². The minimum atomic E-state index is -1.61. The average molecular weight is 574 g/mol. The molecule has 8 heteroatoms. The number of fused-ring (bicyclic) bond motifs is 1. The van der Waals surface area contributed by atoms with Gasteiger partial charge in [-0.05, 0) is 56.4 Å². The van der Waals surface area contributed by atoms with Crippen LogP contribution in [-0.2, 0) is 15.1 Å². The predicted octanol–water partition coefficient (Wildman–Crippen LogP) is 7.11. The molecule has 0 bridgehead atoms. The number of terminal acetylenes is 1. The van der Waals surface area contributed by atoms with Crippen molar-refractivity contribution < 1.29 is 18.3 Å². The molecule has 4 rings (SSSR count). The van der Waals surface area contributed by atoms with Crippen molar-refractivity contribution in [3.8, 4) is 12.3 Å². The molecule has 0 spiro atoms. The van der Waals surface area contributed by atoms with Crippen LogP contribution < -0.4 is 5.73 Å². The van der Waals surface area contributed by atoms with Crippen molar-refractivity contribution in [1.82, 2.24) is 4.90 Å². The van der Waals surface area contributed by atoms with Gasteiger partial charge in [-0.1, -0.05) is 79.4 Å². The molecule has 2 aromatic rings. The third-order valence-electron chi connectivity index (χ3n) is 7.99. The van der Waals surface area contributed by atoms with Crippen molar-refractivity contribution in [2.24, 2.45) is 11.1 Å². The van der Waals surface area contributed by atoms with Crippen LogP contribution >= 0.6 is 23.2 Å². The predicted molar refractivity (Wildman–Crippen MR) is 151 cm³/mol. The van der Waals surface area contributed by atoms with Crippen molar-refractivity contribution in [2.45, 2.75) is 70.3 Å². The molecule has 4 atom stereocenters. The molecule has 0 saturated carbocycles. The summed E-state index contributed by atoms with van der Waals surface area (Å²) in [6.07, 6.45) is 11.8. The van der Waals surface area contributed by atoms with Gasteiger partial charge < -0.3 is 10.5 Å². The minimum Gasteiger partial charge on any atom is -0.443 e. The Balaban J connectivity index is 2.05. The zero-order valence-corrected chi connectivity index (χ0v) is 24.1. The van der Waals surface area contributed by atoms with E-state index in [1.54, 1.807) is 19.9 Å². The lowest BCUT2D eigenvalue weighted by atomic mass is 9.67. The number of allylic oxidation sites excluding steroid dienone is 4. The summed E-state index contributed by atoms with van der Waals surface area (Å²) >= 11 is 12.3. The molecule has 2 N–H and O–H groups in total. The first-order valence-electron chi connectivity index (χ1n) is 12.7. The summed E-state index contributed by atoms with van der Waals surface area (Å²) in [4.78, 5) is 15.4. The molecular weight excluding hydrogens is 541 g/mol. The molecule has 0 amide bonds. The molecule has 39 heavy (non-hydrogen) atoms. The van der Waals surface area contributed by atoms with Crippen LogP contribution in [0.1, 0.15) is 58.1 Å². The Kier molecular flexibility index (Phi) is 7.79. The van der Waals surface area contributed by atoms with Gasteiger partial charge >= 0.3 is 5.97 Å². The van der Waals surface area contributed by atoms with E-state index in [0.29, 0.717) is 12.0 Å². The van der Waals surface area contributed by atoms with Gasteiger partial charge in [-0.3, -0.25) is 4.79 Å². The fourth-order valence-electron chi connectivity index (χ4n) is 6.27. The molecule has 4 nitrogen and oxygen atoms in total. The number of carbonyl (C=O) groups excluding carboxylic acids is 1. The van der Waals surface area contributed by atoms with Crippen molar-refractivity contribution in [3.63, 3.8) is 0 Å². The monoisotopic (exact) mass is 572 g/mol. The summed E-state index contributed by atoms with van der Waals surface area (Å²) in [6, 6.07) is 7.01. The standard InChI is InChI=1S/C31H32Cl2F2N2O2/c1-7-9-11-18(8-2)29(3,4)17-24-31(36,21-15-14-19(32)16-23(21)34)25(20-12-10-13-22(33)26(20)35)27-28(38)39-30(5,6)37(24)27/h2,7,9-16,24-25,27H,17,36H2,1,3-6H3/b9-7-,18-11+/t24-,25-,27+,31+/m0/s1. The molecule has 2 heterocycles. The highest BCUT2D eigenvalue weighted by atomic mass is 35.5. The van der Waals surface area contributed by atoms with Crippen LogP contribution in [0.15, 0.2) is 60.2 Å². The Morgan fingerprint density at radius 2 is 1.95 bits per heavy atom. The number of esters is 1. The molecule has 2 saturated heterocycles. The first-order chi connectivity index (χ1) is 18.2. The van der Waals surface area contributed by atoms with E-state index < -0.39 is 52.3 Å². The topological polar surface area (TPSA) is 55.6 Å². The van der Waals surface area contributed by atoms with Crippen LogP contribution in [0.2, 0.25) is 10.0 Å². The first kappa shape index (κ1) is 29.3. The number of rotatable bonds is 6. The van der Waals surface area contributed by atoms with E-state index in [1.807, 2.05) is 43.9 Å². The highest BCUT2D eigenvalue weighted by Crippen LogP contribution is 2.58. The van der Waals surface area contributed by atoms with E-state index in [2.05, 4.69) is 5.92 Å². The van der Waals surface area contributed by atoms with E-state index in [0.717, 1.165) is 0 Å². The van der Waals surface area contributed by atoms with Gasteiger partial charge in [0, 0.05) is 28.1 Å². The number of carbonyl (C=O) groups is 1. The largest absolute Gasteiger partial charge is 0.443 e. The molecule has 2 aliphatic rings. The van der Waals surface area contributed by atoms with E-state index in [-0.39, 0.29) is 21.2 Å². The Bertz CT molecular complexity index is 1410. The fraction of sp³-hybridized carbons (Fsp3) is 0.387. The molecule has 2 aliphatic heterocycles. The zero-order chi connectivity index (χ0) is 28.9. The van der Waals surface area contributed by atoms with Crippen LogP contribution in [0, 0.1) is 29.4 Å². The average Bonchev–Trinajstić information content (AvgIpc) is 3.23. The maximum atomic E-state index is 15.8. The SMILES string of the molecule is C#C/C(=C\C=C/C)C(C)(C)C[C@@H]1N2[C@@H](C(=O)OC2(C)C)[C@H](c2cccc(Cl)c2F)[C@@]1(N)c1ccc(Cl)cc1F. The number of halogens is 4. The van der Waals surface area contributed by atoms with Gasteiger partial charge in [-0.2, -0.15) is 0 Å². The van der Waals surface area contributed by atoms with E-state index in [1.165, 1.54) is 30.3 Å². The molecule has 0 aromatic heterocycles. The highest BCUT2D eigenvalue weighted by Gasteiger charge is 2.69. The second-order valence-corrected chi connectivity index (χ2v) is 12.1. The quantitative estimate of drug-likeness (QED) is 0.228. The van der Waals surface area contributed by atoms with Crippen molar-refractivity contribution in [1.29, 1.82) is 0 Å². The lowest BCUT2D eigenvalue weighted by molar-refractivity contribution is -0.152. The number of cyclic esters (lactones) is 1. The lowest BCUT2D eigenvalue weighted by Gasteiger charge is -2.45. The van der Waals surface area contributed by atoms with Gasteiger partial charge in [-0.15, -0.1) is 6.42 Å². The Hall–Kier alpha value is -2.69. The second kappa shape index (κ2) is 10.4. The van der Waals surface area contributed by atoms with Gasteiger partial charge in [0.1, 0.15) is 17.7 Å². The third kappa shape index (κ3) is 4.80. The smallest absolute Gasteiger partial charge is 0.325 e. The number of benzene rings is 2. The molecule has 0 aliphatic carbocycles. The summed E-state index contributed by atoms with van der Waals surface area (Å²) in [7, 11) is 0. The van der Waals surface area contributed by atoms with E-state index >= 15 is 8.78 Å². The van der Waals surface area contributed by atoms with E-state index in [9.17, 15) is 4.79 Å². The molecule has 206 valence electrons. The Morgan fingerprint density at radius 1 is 1.26 bits per heavy atom. The van der Waals surface area contributed by atoms with Crippen molar-refractivity contribution >= 4 is 29.2 Å². The number of hydrogen-bond acceptors (Lipinski definition) is 4. The normalized spacial score (nSPS) is 27.1. The molecule has 0 unspecified atom stereocenters. The van der Waals surface area contributed by atoms with Crippen LogP contribution in [0.5, 0.6) is 0 Å². The number of nitrogens with zero attached hydrogens (tertiary/aromatic N) is 1. The Labute approximate surface area is 238 Å². The van der Waals surface area contributed by atoms with Gasteiger partial charge in [0.15, 0.2) is 5.72 Å². The first-order valence-corrected chi connectivity index (χ1v) is 13.5. The summed E-state index contributed by atoms with van der Waals surface area (Å²) in [6.45, 7) is 9.31. The summed E-state index contributed by atoms with van der Waals surface area (Å²) in [5.74, 6) is -0.228. The van der Waals surface area contributed by atoms with Crippen LogP contribution in [-0.4, -0.2) is 28.7 Å². The molecular formula is C31H32Cl2F2N2O2. The Morgan fingerprint density at radius 3 is 2.56 bits per heavy atom.